The van der Waals surface area contributed by atoms with Crippen LogP contribution >= 0.6 is 0 Å². The number of aromatic nitrogens is 3. The van der Waals surface area contributed by atoms with Crippen molar-refractivity contribution in [2.24, 2.45) is 13.0 Å². The summed E-state index contributed by atoms with van der Waals surface area (Å²) in [6, 6.07) is 4.82. The van der Waals surface area contributed by atoms with E-state index in [2.05, 4.69) is 34.8 Å². The molecule has 2 amide bonds. The van der Waals surface area contributed by atoms with Crippen molar-refractivity contribution in [2.45, 2.75) is 47.0 Å². The van der Waals surface area contributed by atoms with E-state index >= 15 is 0 Å². The summed E-state index contributed by atoms with van der Waals surface area (Å²) >= 11 is 0. The zero-order chi connectivity index (χ0) is 25.7. The molecular formula is C25H33N5O5. The number of benzene rings is 1. The first-order valence-electron chi connectivity index (χ1n) is 11.6. The molecule has 3 aromatic rings. The Labute approximate surface area is 204 Å². The molecule has 0 bridgehead atoms. The van der Waals surface area contributed by atoms with E-state index in [0.29, 0.717) is 40.8 Å². The van der Waals surface area contributed by atoms with E-state index in [0.717, 1.165) is 23.1 Å². The first-order chi connectivity index (χ1) is 16.6. The molecule has 3 rings (SSSR count). The molecule has 0 radical (unpaired) electrons. The maximum atomic E-state index is 12.5. The van der Waals surface area contributed by atoms with E-state index in [1.807, 2.05) is 13.8 Å². The minimum atomic E-state index is -0.494. The number of hydrogen-bond donors (Lipinski definition) is 3. The van der Waals surface area contributed by atoms with Crippen molar-refractivity contribution in [3.8, 4) is 11.5 Å². The third-order valence-electron chi connectivity index (χ3n) is 5.85. The summed E-state index contributed by atoms with van der Waals surface area (Å²) in [6.07, 6.45) is 1.16. The number of methoxy groups -OCH3 is 1. The van der Waals surface area contributed by atoms with Crippen LogP contribution in [0, 0.1) is 19.8 Å². The van der Waals surface area contributed by atoms with E-state index in [9.17, 15) is 14.4 Å². The normalized spacial score (nSPS) is 11.1. The lowest BCUT2D eigenvalue weighted by Crippen LogP contribution is -2.41. The quantitative estimate of drug-likeness (QED) is 0.402. The Kier molecular flexibility index (Phi) is 8.16. The van der Waals surface area contributed by atoms with Crippen molar-refractivity contribution < 1.29 is 19.1 Å². The van der Waals surface area contributed by atoms with Crippen LogP contribution in [-0.4, -0.2) is 40.3 Å². The van der Waals surface area contributed by atoms with Crippen LogP contribution < -0.4 is 25.9 Å². The topological polar surface area (TPSA) is 127 Å². The van der Waals surface area contributed by atoms with Gasteiger partial charge in [-0.1, -0.05) is 13.8 Å². The molecular weight excluding hydrogens is 450 g/mol. The highest BCUT2D eigenvalue weighted by Crippen LogP contribution is 2.28. The molecule has 1 aromatic carbocycles. The summed E-state index contributed by atoms with van der Waals surface area (Å²) < 4.78 is 12.7. The molecule has 10 nitrogen and oxygen atoms in total. The molecule has 0 aliphatic heterocycles. The number of fused-ring (bicyclic) bond motifs is 1. The molecule has 0 spiro atoms. The Morgan fingerprint density at radius 3 is 2.60 bits per heavy atom. The van der Waals surface area contributed by atoms with Crippen molar-refractivity contribution >= 4 is 22.8 Å². The number of pyridine rings is 1. The van der Waals surface area contributed by atoms with E-state index < -0.39 is 11.8 Å². The SMILES string of the molecule is COc1cc(C(=O)NNC(=O)CCc2c(C)c3c(C)nn(C)c3[nH]c2=O)ccc1OCCC(C)C. The Morgan fingerprint density at radius 2 is 1.91 bits per heavy atom. The van der Waals surface area contributed by atoms with Crippen molar-refractivity contribution in [2.75, 3.05) is 13.7 Å². The summed E-state index contributed by atoms with van der Waals surface area (Å²) in [5.41, 5.74) is 7.64. The third kappa shape index (κ3) is 6.00. The number of hydrazine groups is 1. The van der Waals surface area contributed by atoms with Crippen LogP contribution in [0.25, 0.3) is 11.0 Å². The molecule has 0 saturated heterocycles. The fourth-order valence-electron chi connectivity index (χ4n) is 3.89. The van der Waals surface area contributed by atoms with Crippen molar-refractivity contribution in [1.82, 2.24) is 25.6 Å². The summed E-state index contributed by atoms with van der Waals surface area (Å²) in [4.78, 5) is 40.3. The molecule has 0 fully saturated rings. The number of ether oxygens (including phenoxy) is 2. The molecule has 0 aliphatic rings. The van der Waals surface area contributed by atoms with Gasteiger partial charge in [-0.15, -0.1) is 0 Å². The van der Waals surface area contributed by atoms with Crippen LogP contribution in [0.15, 0.2) is 23.0 Å². The number of nitrogens with one attached hydrogen (secondary N) is 3. The zero-order valence-electron chi connectivity index (χ0n) is 21.1. The van der Waals surface area contributed by atoms with E-state index in [1.165, 1.54) is 7.11 Å². The van der Waals surface area contributed by atoms with Crippen LogP contribution in [0.3, 0.4) is 0 Å². The lowest BCUT2D eigenvalue weighted by atomic mass is 10.0. The van der Waals surface area contributed by atoms with Crippen molar-refractivity contribution in [3.05, 3.63) is 50.9 Å². The van der Waals surface area contributed by atoms with Crippen LogP contribution in [-0.2, 0) is 18.3 Å². The predicted octanol–water partition coefficient (Wildman–Crippen LogP) is 2.71. The molecule has 2 heterocycles. The van der Waals surface area contributed by atoms with E-state index in [-0.39, 0.29) is 18.4 Å². The van der Waals surface area contributed by atoms with Gasteiger partial charge >= 0.3 is 0 Å². The average molecular weight is 484 g/mol. The molecule has 10 heteroatoms. The van der Waals surface area contributed by atoms with E-state index in [1.54, 1.807) is 29.9 Å². The number of carbonyl (C=O) groups excluding carboxylic acids is 2. The maximum Gasteiger partial charge on any atom is 0.269 e. The number of carbonyl (C=O) groups is 2. The highest BCUT2D eigenvalue weighted by molar-refractivity contribution is 5.96. The minimum Gasteiger partial charge on any atom is -0.493 e. The van der Waals surface area contributed by atoms with E-state index in [4.69, 9.17) is 9.47 Å². The van der Waals surface area contributed by atoms with Crippen LogP contribution in [0.5, 0.6) is 11.5 Å². The van der Waals surface area contributed by atoms with Crippen molar-refractivity contribution in [1.29, 1.82) is 0 Å². The van der Waals surface area contributed by atoms with Gasteiger partial charge < -0.3 is 14.5 Å². The standard InChI is InChI=1S/C25H33N5O5/c1-14(2)11-12-35-19-9-7-17(13-20(19)34-6)24(32)28-27-21(31)10-8-18-15(3)22-16(4)29-30(5)23(22)26-25(18)33/h7,9,13-14H,8,10-12H2,1-6H3,(H,26,33)(H,27,31)(H,28,32). The van der Waals surface area contributed by atoms with Gasteiger partial charge in [0.25, 0.3) is 11.5 Å². The van der Waals surface area contributed by atoms with Gasteiger partial charge in [-0.25, -0.2) is 0 Å². The number of nitrogens with zero attached hydrogens (tertiary/aromatic N) is 2. The molecule has 0 aliphatic carbocycles. The van der Waals surface area contributed by atoms with Gasteiger partial charge in [0.2, 0.25) is 5.91 Å². The summed E-state index contributed by atoms with van der Waals surface area (Å²) in [6.45, 7) is 8.50. The van der Waals surface area contributed by atoms with Gasteiger partial charge in [0.05, 0.1) is 19.4 Å². The number of hydrogen-bond acceptors (Lipinski definition) is 6. The first kappa shape index (κ1) is 25.8. The molecule has 188 valence electrons. The second kappa shape index (κ2) is 11.1. The number of amides is 2. The monoisotopic (exact) mass is 483 g/mol. The molecule has 0 atom stereocenters. The van der Waals surface area contributed by atoms with Gasteiger partial charge in [-0.05, 0) is 56.4 Å². The fourth-order valence-corrected chi connectivity index (χ4v) is 3.89. The number of aryl methyl sites for hydroxylation is 3. The van der Waals surface area contributed by atoms with Gasteiger partial charge in [0, 0.05) is 30.0 Å². The third-order valence-corrected chi connectivity index (χ3v) is 5.85. The average Bonchev–Trinajstić information content (AvgIpc) is 3.09. The van der Waals surface area contributed by atoms with Crippen LogP contribution in [0.2, 0.25) is 0 Å². The summed E-state index contributed by atoms with van der Waals surface area (Å²) in [5, 5.41) is 5.22. The fraction of sp³-hybridized carbons (Fsp3) is 0.440. The maximum absolute atomic E-state index is 12.5. The van der Waals surface area contributed by atoms with Gasteiger partial charge in [-0.3, -0.25) is 29.9 Å². The predicted molar refractivity (Wildman–Crippen MR) is 133 cm³/mol. The highest BCUT2D eigenvalue weighted by Gasteiger charge is 2.17. The second-order valence-electron chi connectivity index (χ2n) is 8.89. The minimum absolute atomic E-state index is 0.0287. The lowest BCUT2D eigenvalue weighted by molar-refractivity contribution is -0.121. The summed E-state index contributed by atoms with van der Waals surface area (Å²) in [5.74, 6) is 0.588. The molecule has 0 saturated carbocycles. The summed E-state index contributed by atoms with van der Waals surface area (Å²) in [7, 11) is 3.27. The van der Waals surface area contributed by atoms with Crippen LogP contribution in [0.4, 0.5) is 0 Å². The smallest absolute Gasteiger partial charge is 0.269 e. The van der Waals surface area contributed by atoms with Gasteiger partial charge in [0.1, 0.15) is 5.65 Å². The Hall–Kier alpha value is -3.82. The Balaban J connectivity index is 1.59. The first-order valence-corrected chi connectivity index (χ1v) is 11.6. The number of rotatable bonds is 9. The zero-order valence-corrected chi connectivity index (χ0v) is 21.1. The van der Waals surface area contributed by atoms with Gasteiger partial charge in [0.15, 0.2) is 11.5 Å². The molecule has 2 aromatic heterocycles. The van der Waals surface area contributed by atoms with Gasteiger partial charge in [-0.2, -0.15) is 5.10 Å². The molecule has 3 N–H and O–H groups in total. The van der Waals surface area contributed by atoms with Crippen molar-refractivity contribution in [3.63, 3.8) is 0 Å². The largest absolute Gasteiger partial charge is 0.493 e. The Bertz CT molecular complexity index is 1290. The molecule has 0 unspecified atom stereocenters. The number of H-pyrrole nitrogens is 1. The molecule has 35 heavy (non-hydrogen) atoms. The highest BCUT2D eigenvalue weighted by atomic mass is 16.5. The second-order valence-corrected chi connectivity index (χ2v) is 8.89. The lowest BCUT2D eigenvalue weighted by Gasteiger charge is -2.13. The Morgan fingerprint density at radius 1 is 1.17 bits per heavy atom. The number of aromatic amines is 1. The van der Waals surface area contributed by atoms with Crippen LogP contribution in [0.1, 0.15) is 53.9 Å².